The third kappa shape index (κ3) is 5.28. The van der Waals surface area contributed by atoms with Crippen molar-refractivity contribution in [1.29, 1.82) is 0 Å². The molecule has 0 aromatic carbocycles. The van der Waals surface area contributed by atoms with E-state index >= 15 is 0 Å². The van der Waals surface area contributed by atoms with Crippen molar-refractivity contribution >= 4 is 0 Å². The van der Waals surface area contributed by atoms with Gasteiger partial charge in [-0.1, -0.05) is 13.8 Å². The Balaban J connectivity index is 2.25. The van der Waals surface area contributed by atoms with Crippen LogP contribution in [0.4, 0.5) is 0 Å². The highest BCUT2D eigenvalue weighted by Crippen LogP contribution is 2.04. The Morgan fingerprint density at radius 2 is 1.75 bits per heavy atom. The molecule has 0 radical (unpaired) electrons. The monoisotopic (exact) mass is 227 g/mol. The molecule has 0 bridgehead atoms. The number of nitrogens with one attached hydrogen (secondary N) is 1. The van der Waals surface area contributed by atoms with Crippen LogP contribution < -0.4 is 5.32 Å². The van der Waals surface area contributed by atoms with Crippen LogP contribution >= 0.6 is 0 Å². The van der Waals surface area contributed by atoms with Crippen LogP contribution in [0.5, 0.6) is 0 Å². The molecule has 96 valence electrons. The minimum atomic E-state index is 0.672. The predicted octanol–water partition coefficient (Wildman–Crippen LogP) is 1.26. The average molecular weight is 227 g/mol. The van der Waals surface area contributed by atoms with Gasteiger partial charge >= 0.3 is 0 Å². The van der Waals surface area contributed by atoms with E-state index in [-0.39, 0.29) is 0 Å². The Morgan fingerprint density at radius 1 is 1.12 bits per heavy atom. The number of rotatable bonds is 6. The van der Waals surface area contributed by atoms with E-state index in [2.05, 4.69) is 42.8 Å². The maximum atomic E-state index is 3.40. The van der Waals surface area contributed by atoms with Crippen molar-refractivity contribution < 1.29 is 0 Å². The van der Waals surface area contributed by atoms with Gasteiger partial charge in [0.2, 0.25) is 0 Å². The SMILES string of the molecule is CC(C)CN(CCN1CCNCC1)C(C)C. The minimum Gasteiger partial charge on any atom is -0.314 e. The van der Waals surface area contributed by atoms with Gasteiger partial charge in [-0.25, -0.2) is 0 Å². The largest absolute Gasteiger partial charge is 0.314 e. The van der Waals surface area contributed by atoms with Crippen molar-refractivity contribution in [1.82, 2.24) is 15.1 Å². The summed E-state index contributed by atoms with van der Waals surface area (Å²) in [7, 11) is 0. The standard InChI is InChI=1S/C13H29N3/c1-12(2)11-16(13(3)4)10-9-15-7-5-14-6-8-15/h12-14H,5-11H2,1-4H3. The normalized spacial score (nSPS) is 18.9. The van der Waals surface area contributed by atoms with E-state index in [4.69, 9.17) is 0 Å². The molecule has 1 saturated heterocycles. The maximum Gasteiger partial charge on any atom is 0.0112 e. The number of nitrogens with zero attached hydrogens (tertiary/aromatic N) is 2. The summed E-state index contributed by atoms with van der Waals surface area (Å²) in [5.74, 6) is 0.769. The highest BCUT2D eigenvalue weighted by molar-refractivity contribution is 4.71. The second kappa shape index (κ2) is 7.25. The number of hydrogen-bond acceptors (Lipinski definition) is 3. The van der Waals surface area contributed by atoms with Crippen molar-refractivity contribution in [2.75, 3.05) is 45.8 Å². The molecule has 0 aromatic rings. The van der Waals surface area contributed by atoms with Gasteiger partial charge in [-0.05, 0) is 19.8 Å². The third-order valence-corrected chi connectivity index (χ3v) is 3.24. The molecule has 0 atom stereocenters. The van der Waals surface area contributed by atoms with Gasteiger partial charge in [0.1, 0.15) is 0 Å². The molecule has 1 N–H and O–H groups in total. The van der Waals surface area contributed by atoms with Crippen LogP contribution in [0.25, 0.3) is 0 Å². The lowest BCUT2D eigenvalue weighted by Gasteiger charge is -2.33. The molecule has 0 aromatic heterocycles. The first kappa shape index (κ1) is 13.9. The molecule has 1 aliphatic heterocycles. The summed E-state index contributed by atoms with van der Waals surface area (Å²) in [4.78, 5) is 5.18. The lowest BCUT2D eigenvalue weighted by Crippen LogP contribution is -2.47. The highest BCUT2D eigenvalue weighted by Gasteiger charge is 2.14. The first-order valence-electron chi connectivity index (χ1n) is 6.76. The Labute approximate surface area is 101 Å². The predicted molar refractivity (Wildman–Crippen MR) is 70.9 cm³/mol. The van der Waals surface area contributed by atoms with Gasteiger partial charge in [0.15, 0.2) is 0 Å². The molecule has 0 unspecified atom stereocenters. The molecule has 1 aliphatic rings. The summed E-state index contributed by atoms with van der Waals surface area (Å²) >= 11 is 0. The van der Waals surface area contributed by atoms with Crippen molar-refractivity contribution in [3.63, 3.8) is 0 Å². The van der Waals surface area contributed by atoms with Crippen LogP contribution in [-0.4, -0.2) is 61.7 Å². The van der Waals surface area contributed by atoms with E-state index in [0.717, 1.165) is 19.0 Å². The minimum absolute atomic E-state index is 0.672. The van der Waals surface area contributed by atoms with Crippen LogP contribution in [0.15, 0.2) is 0 Å². The van der Waals surface area contributed by atoms with Gasteiger partial charge in [-0.2, -0.15) is 0 Å². The fraction of sp³-hybridized carbons (Fsp3) is 1.00. The topological polar surface area (TPSA) is 18.5 Å². The zero-order chi connectivity index (χ0) is 12.0. The zero-order valence-electron chi connectivity index (χ0n) is 11.5. The van der Waals surface area contributed by atoms with Gasteiger partial charge in [0, 0.05) is 51.9 Å². The van der Waals surface area contributed by atoms with Crippen molar-refractivity contribution in [2.24, 2.45) is 5.92 Å². The van der Waals surface area contributed by atoms with Crippen LogP contribution in [0, 0.1) is 5.92 Å². The molecule has 0 amide bonds. The van der Waals surface area contributed by atoms with Gasteiger partial charge in [0.25, 0.3) is 0 Å². The molecule has 1 fully saturated rings. The fourth-order valence-electron chi connectivity index (χ4n) is 2.23. The van der Waals surface area contributed by atoms with E-state index < -0.39 is 0 Å². The molecule has 0 aliphatic carbocycles. The molecule has 1 heterocycles. The molecule has 0 saturated carbocycles. The third-order valence-electron chi connectivity index (χ3n) is 3.24. The Morgan fingerprint density at radius 3 is 2.25 bits per heavy atom. The number of piperazine rings is 1. The fourth-order valence-corrected chi connectivity index (χ4v) is 2.23. The highest BCUT2D eigenvalue weighted by atomic mass is 15.2. The number of hydrogen-bond donors (Lipinski definition) is 1. The summed E-state index contributed by atoms with van der Waals surface area (Å²) in [6.45, 7) is 17.6. The summed E-state index contributed by atoms with van der Waals surface area (Å²) in [6, 6.07) is 0.672. The van der Waals surface area contributed by atoms with E-state index in [9.17, 15) is 0 Å². The molecule has 16 heavy (non-hydrogen) atoms. The second-order valence-electron chi connectivity index (χ2n) is 5.57. The average Bonchev–Trinajstić information content (AvgIpc) is 2.25. The molecule has 3 nitrogen and oxygen atoms in total. The first-order chi connectivity index (χ1) is 7.59. The van der Waals surface area contributed by atoms with Crippen molar-refractivity contribution in [3.05, 3.63) is 0 Å². The maximum absolute atomic E-state index is 3.40. The summed E-state index contributed by atoms with van der Waals surface area (Å²) in [5, 5.41) is 3.40. The van der Waals surface area contributed by atoms with Crippen LogP contribution in [0.3, 0.4) is 0 Å². The van der Waals surface area contributed by atoms with E-state index in [1.165, 1.54) is 32.7 Å². The van der Waals surface area contributed by atoms with Crippen LogP contribution in [0.1, 0.15) is 27.7 Å². The van der Waals surface area contributed by atoms with E-state index in [0.29, 0.717) is 6.04 Å². The van der Waals surface area contributed by atoms with Gasteiger partial charge in [-0.15, -0.1) is 0 Å². The van der Waals surface area contributed by atoms with Gasteiger partial charge in [0.05, 0.1) is 0 Å². The molecule has 1 rings (SSSR count). The molecule has 0 spiro atoms. The lowest BCUT2D eigenvalue weighted by atomic mass is 10.2. The van der Waals surface area contributed by atoms with Gasteiger partial charge < -0.3 is 5.32 Å². The van der Waals surface area contributed by atoms with Crippen molar-refractivity contribution in [3.8, 4) is 0 Å². The van der Waals surface area contributed by atoms with E-state index in [1.54, 1.807) is 0 Å². The lowest BCUT2D eigenvalue weighted by molar-refractivity contribution is 0.153. The summed E-state index contributed by atoms with van der Waals surface area (Å²) in [6.07, 6.45) is 0. The second-order valence-corrected chi connectivity index (χ2v) is 5.57. The van der Waals surface area contributed by atoms with Crippen LogP contribution in [0.2, 0.25) is 0 Å². The zero-order valence-corrected chi connectivity index (χ0v) is 11.5. The quantitative estimate of drug-likeness (QED) is 0.737. The summed E-state index contributed by atoms with van der Waals surface area (Å²) < 4.78 is 0. The molecule has 3 heteroatoms. The Kier molecular flexibility index (Phi) is 6.32. The molecular formula is C13H29N3. The Hall–Kier alpha value is -0.120. The van der Waals surface area contributed by atoms with Crippen LogP contribution in [-0.2, 0) is 0 Å². The Bertz CT molecular complexity index is 174. The molecular weight excluding hydrogens is 198 g/mol. The summed E-state index contributed by atoms with van der Waals surface area (Å²) in [5.41, 5.74) is 0. The van der Waals surface area contributed by atoms with E-state index in [1.807, 2.05) is 0 Å². The van der Waals surface area contributed by atoms with Crippen molar-refractivity contribution in [2.45, 2.75) is 33.7 Å². The first-order valence-corrected chi connectivity index (χ1v) is 6.76. The van der Waals surface area contributed by atoms with Gasteiger partial charge in [-0.3, -0.25) is 9.80 Å². The smallest absolute Gasteiger partial charge is 0.0112 e.